The molecule has 3 rings (SSSR count). The number of thiophene rings is 2. The van der Waals surface area contributed by atoms with E-state index in [2.05, 4.69) is 54.1 Å². The molecular formula is C16H15NS2. The first kappa shape index (κ1) is 12.5. The molecule has 0 spiro atoms. The molecule has 3 heteroatoms. The minimum atomic E-state index is 0.941. The molecule has 19 heavy (non-hydrogen) atoms. The lowest BCUT2D eigenvalue weighted by Crippen LogP contribution is -1.91. The summed E-state index contributed by atoms with van der Waals surface area (Å²) in [6.45, 7) is 2.15. The summed E-state index contributed by atoms with van der Waals surface area (Å²) in [6, 6.07) is 12.7. The fourth-order valence-electron chi connectivity index (χ4n) is 2.25. The molecule has 1 aromatic carbocycles. The van der Waals surface area contributed by atoms with Crippen LogP contribution in [-0.2, 0) is 6.42 Å². The molecule has 0 radical (unpaired) electrons. The zero-order chi connectivity index (χ0) is 13.2. The van der Waals surface area contributed by atoms with Gasteiger partial charge in [0.25, 0.3) is 0 Å². The van der Waals surface area contributed by atoms with Gasteiger partial charge in [-0.1, -0.05) is 37.3 Å². The van der Waals surface area contributed by atoms with Gasteiger partial charge >= 0.3 is 0 Å². The molecule has 0 amide bonds. The fourth-order valence-corrected chi connectivity index (χ4v) is 3.94. The summed E-state index contributed by atoms with van der Waals surface area (Å²) in [7, 11) is 0. The van der Waals surface area contributed by atoms with Crippen molar-refractivity contribution in [1.82, 2.24) is 0 Å². The molecular weight excluding hydrogens is 270 g/mol. The van der Waals surface area contributed by atoms with E-state index in [-0.39, 0.29) is 0 Å². The van der Waals surface area contributed by atoms with Gasteiger partial charge in [-0.3, -0.25) is 0 Å². The third-order valence-electron chi connectivity index (χ3n) is 3.23. The monoisotopic (exact) mass is 285 g/mol. The van der Waals surface area contributed by atoms with Crippen molar-refractivity contribution in [2.45, 2.75) is 13.3 Å². The molecule has 0 aliphatic rings. The van der Waals surface area contributed by atoms with Gasteiger partial charge in [-0.2, -0.15) is 0 Å². The Morgan fingerprint density at radius 3 is 2.37 bits per heavy atom. The van der Waals surface area contributed by atoms with Gasteiger partial charge in [0, 0.05) is 20.7 Å². The molecule has 2 N–H and O–H groups in total. The van der Waals surface area contributed by atoms with Crippen LogP contribution in [0.25, 0.3) is 21.6 Å². The van der Waals surface area contributed by atoms with E-state index in [1.165, 1.54) is 26.4 Å². The van der Waals surface area contributed by atoms with Crippen molar-refractivity contribution in [3.8, 4) is 21.6 Å². The second-order valence-corrected chi connectivity index (χ2v) is 6.27. The third-order valence-corrected chi connectivity index (χ3v) is 5.28. The molecule has 0 fully saturated rings. The van der Waals surface area contributed by atoms with E-state index in [1.54, 1.807) is 22.7 Å². The number of anilines is 1. The first-order valence-corrected chi connectivity index (χ1v) is 8.06. The highest BCUT2D eigenvalue weighted by Gasteiger charge is 2.13. The van der Waals surface area contributed by atoms with Gasteiger partial charge in [-0.05, 0) is 29.0 Å². The molecule has 0 saturated carbocycles. The van der Waals surface area contributed by atoms with Gasteiger partial charge in [-0.15, -0.1) is 22.7 Å². The first-order chi connectivity index (χ1) is 9.31. The lowest BCUT2D eigenvalue weighted by Gasteiger charge is -2.08. The van der Waals surface area contributed by atoms with Gasteiger partial charge in [0.2, 0.25) is 0 Å². The highest BCUT2D eigenvalue weighted by Crippen LogP contribution is 2.40. The van der Waals surface area contributed by atoms with Crippen molar-refractivity contribution in [2.75, 3.05) is 5.73 Å². The molecule has 0 unspecified atom stereocenters. The summed E-state index contributed by atoms with van der Waals surface area (Å²) < 4.78 is 0. The second-order valence-electron chi connectivity index (χ2n) is 4.36. The standard InChI is InChI=1S/C16H15NS2/c1-2-14-16(17)13(10-19-14)11-6-3-4-7-12(11)15-8-5-9-18-15/h3-10H,2,17H2,1H3. The second kappa shape index (κ2) is 5.19. The van der Waals surface area contributed by atoms with Crippen LogP contribution in [0, 0.1) is 0 Å². The number of aryl methyl sites for hydroxylation is 1. The SMILES string of the molecule is CCc1scc(-c2ccccc2-c2cccs2)c1N. The van der Waals surface area contributed by atoms with Gasteiger partial charge in [0.1, 0.15) is 0 Å². The van der Waals surface area contributed by atoms with E-state index in [0.29, 0.717) is 0 Å². The highest BCUT2D eigenvalue weighted by atomic mass is 32.1. The van der Waals surface area contributed by atoms with E-state index in [0.717, 1.165) is 12.1 Å². The fraction of sp³-hybridized carbons (Fsp3) is 0.125. The number of hydrogen-bond donors (Lipinski definition) is 1. The Labute approximate surface area is 121 Å². The zero-order valence-corrected chi connectivity index (χ0v) is 12.4. The highest BCUT2D eigenvalue weighted by molar-refractivity contribution is 7.13. The normalized spacial score (nSPS) is 10.8. The van der Waals surface area contributed by atoms with Crippen LogP contribution in [0.3, 0.4) is 0 Å². The van der Waals surface area contributed by atoms with E-state index in [9.17, 15) is 0 Å². The summed E-state index contributed by atoms with van der Waals surface area (Å²) in [6.07, 6.45) is 0.998. The predicted molar refractivity (Wildman–Crippen MR) is 86.9 cm³/mol. The van der Waals surface area contributed by atoms with E-state index >= 15 is 0 Å². The van der Waals surface area contributed by atoms with Crippen LogP contribution < -0.4 is 5.73 Å². The van der Waals surface area contributed by atoms with Crippen LogP contribution in [0.1, 0.15) is 11.8 Å². The number of hydrogen-bond acceptors (Lipinski definition) is 3. The Morgan fingerprint density at radius 1 is 0.947 bits per heavy atom. The van der Waals surface area contributed by atoms with Crippen LogP contribution in [0.2, 0.25) is 0 Å². The van der Waals surface area contributed by atoms with Crippen LogP contribution >= 0.6 is 22.7 Å². The molecule has 0 saturated heterocycles. The summed E-state index contributed by atoms with van der Waals surface area (Å²) >= 11 is 3.52. The first-order valence-electron chi connectivity index (χ1n) is 6.30. The molecule has 0 atom stereocenters. The maximum atomic E-state index is 6.28. The molecule has 0 aliphatic carbocycles. The molecule has 96 valence electrons. The average molecular weight is 285 g/mol. The van der Waals surface area contributed by atoms with Crippen molar-refractivity contribution in [3.05, 3.63) is 52.0 Å². The van der Waals surface area contributed by atoms with Crippen molar-refractivity contribution in [3.63, 3.8) is 0 Å². The van der Waals surface area contributed by atoms with Crippen molar-refractivity contribution >= 4 is 28.4 Å². The molecule has 0 aliphatic heterocycles. The lowest BCUT2D eigenvalue weighted by atomic mass is 9.99. The molecule has 1 nitrogen and oxygen atoms in total. The summed E-state index contributed by atoms with van der Waals surface area (Å²) in [5.41, 5.74) is 10.9. The molecule has 3 aromatic rings. The Bertz CT molecular complexity index is 681. The zero-order valence-electron chi connectivity index (χ0n) is 10.7. The minimum absolute atomic E-state index is 0.941. The lowest BCUT2D eigenvalue weighted by molar-refractivity contribution is 1.19. The van der Waals surface area contributed by atoms with E-state index < -0.39 is 0 Å². The minimum Gasteiger partial charge on any atom is -0.397 e. The summed E-state index contributed by atoms with van der Waals surface area (Å²) in [4.78, 5) is 2.57. The van der Waals surface area contributed by atoms with Gasteiger partial charge in [0.15, 0.2) is 0 Å². The maximum Gasteiger partial charge on any atom is 0.0535 e. The van der Waals surface area contributed by atoms with Crippen LogP contribution in [-0.4, -0.2) is 0 Å². The average Bonchev–Trinajstić information content (AvgIpc) is 3.08. The number of benzene rings is 1. The molecule has 0 bridgehead atoms. The Balaban J connectivity index is 2.18. The predicted octanol–water partition coefficient (Wildman–Crippen LogP) is 5.29. The van der Waals surface area contributed by atoms with Gasteiger partial charge in [0.05, 0.1) is 5.69 Å². The van der Waals surface area contributed by atoms with Crippen LogP contribution in [0.4, 0.5) is 5.69 Å². The number of nitrogen functional groups attached to an aromatic ring is 1. The maximum absolute atomic E-state index is 6.28. The Morgan fingerprint density at radius 2 is 1.74 bits per heavy atom. The third kappa shape index (κ3) is 2.20. The van der Waals surface area contributed by atoms with Crippen molar-refractivity contribution in [1.29, 1.82) is 0 Å². The van der Waals surface area contributed by atoms with Crippen LogP contribution in [0.5, 0.6) is 0 Å². The Kier molecular flexibility index (Phi) is 3.40. The van der Waals surface area contributed by atoms with Crippen molar-refractivity contribution in [2.24, 2.45) is 0 Å². The molecule has 2 aromatic heterocycles. The number of rotatable bonds is 3. The van der Waals surface area contributed by atoms with Gasteiger partial charge in [-0.25, -0.2) is 0 Å². The van der Waals surface area contributed by atoms with Gasteiger partial charge < -0.3 is 5.73 Å². The summed E-state index contributed by atoms with van der Waals surface area (Å²) in [5.74, 6) is 0. The smallest absolute Gasteiger partial charge is 0.0535 e. The van der Waals surface area contributed by atoms with E-state index in [4.69, 9.17) is 5.73 Å². The number of nitrogens with two attached hydrogens (primary N) is 1. The van der Waals surface area contributed by atoms with Crippen molar-refractivity contribution < 1.29 is 0 Å². The topological polar surface area (TPSA) is 26.0 Å². The van der Waals surface area contributed by atoms with E-state index in [1.807, 2.05) is 0 Å². The molecule has 2 heterocycles. The Hall–Kier alpha value is -1.58. The summed E-state index contributed by atoms with van der Waals surface area (Å²) in [5, 5.41) is 4.29. The largest absolute Gasteiger partial charge is 0.397 e. The van der Waals surface area contributed by atoms with Crippen LogP contribution in [0.15, 0.2) is 47.2 Å². The quantitative estimate of drug-likeness (QED) is 0.695.